The summed E-state index contributed by atoms with van der Waals surface area (Å²) in [4.78, 5) is 4.21. The molecule has 0 aliphatic heterocycles. The number of nitrogens with zero attached hydrogens (tertiary/aromatic N) is 2. The van der Waals surface area contributed by atoms with Crippen LogP contribution in [0.3, 0.4) is 0 Å². The topological polar surface area (TPSA) is 64.0 Å². The summed E-state index contributed by atoms with van der Waals surface area (Å²) in [6.07, 6.45) is 4.46. The molecule has 1 aromatic heterocycles. The number of aromatic nitrogens is 2. The molecule has 0 spiro atoms. The molecule has 0 fully saturated rings. The molecule has 0 aliphatic rings. The van der Waals surface area contributed by atoms with Crippen molar-refractivity contribution in [2.75, 3.05) is 25.1 Å². The van der Waals surface area contributed by atoms with Crippen LogP contribution in [-0.4, -0.2) is 43.1 Å². The summed E-state index contributed by atoms with van der Waals surface area (Å²) >= 11 is 0. The molecule has 0 amide bonds. The number of likely N-dealkylation sites (N-methyl/N-ethyl adjacent to an activating group) is 1. The molecule has 0 bridgehead atoms. The Balaban J connectivity index is 2.46. The Morgan fingerprint density at radius 1 is 1.50 bits per heavy atom. The Kier molecular flexibility index (Phi) is 4.95. The first-order chi connectivity index (χ1) is 7.57. The van der Waals surface area contributed by atoms with Gasteiger partial charge in [-0.1, -0.05) is 6.92 Å². The Bertz CT molecular complexity index is 411. The van der Waals surface area contributed by atoms with Crippen LogP contribution < -0.4 is 5.32 Å². The molecular weight excluding hydrogens is 226 g/mol. The van der Waals surface area contributed by atoms with E-state index in [0.29, 0.717) is 6.54 Å². The molecule has 0 aromatic carbocycles. The molecular formula is C10H19N3O2S. The minimum absolute atomic E-state index is 0.186. The van der Waals surface area contributed by atoms with Crippen molar-refractivity contribution >= 4 is 9.84 Å². The maximum Gasteiger partial charge on any atom is 0.151 e. The molecule has 0 atom stereocenters. The number of hydrogen-bond acceptors (Lipinski definition) is 4. The monoisotopic (exact) mass is 245 g/mol. The summed E-state index contributed by atoms with van der Waals surface area (Å²) in [5.74, 6) is 0.389. The van der Waals surface area contributed by atoms with E-state index in [4.69, 9.17) is 0 Å². The predicted octanol–water partition coefficient (Wildman–Crippen LogP) is 0.0797. The van der Waals surface area contributed by atoms with Gasteiger partial charge in [0, 0.05) is 31.5 Å². The van der Waals surface area contributed by atoms with Crippen molar-refractivity contribution in [3.8, 4) is 0 Å². The van der Waals surface area contributed by atoms with E-state index >= 15 is 0 Å². The van der Waals surface area contributed by atoms with Crippen molar-refractivity contribution in [2.24, 2.45) is 0 Å². The lowest BCUT2D eigenvalue weighted by molar-refractivity contribution is 0.590. The van der Waals surface area contributed by atoms with Crippen molar-refractivity contribution in [1.82, 2.24) is 14.9 Å². The highest BCUT2D eigenvalue weighted by Gasteiger charge is 2.07. The highest BCUT2D eigenvalue weighted by atomic mass is 32.2. The second-order valence-electron chi connectivity index (χ2n) is 3.69. The predicted molar refractivity (Wildman–Crippen MR) is 64.2 cm³/mol. The summed E-state index contributed by atoms with van der Waals surface area (Å²) < 4.78 is 24.4. The minimum Gasteiger partial charge on any atom is -0.336 e. The molecule has 92 valence electrons. The third-order valence-electron chi connectivity index (χ3n) is 2.42. The van der Waals surface area contributed by atoms with E-state index in [9.17, 15) is 8.42 Å². The van der Waals surface area contributed by atoms with Crippen LogP contribution in [0.15, 0.2) is 12.5 Å². The van der Waals surface area contributed by atoms with Crippen molar-refractivity contribution in [3.05, 3.63) is 18.2 Å². The molecule has 0 unspecified atom stereocenters. The van der Waals surface area contributed by atoms with Gasteiger partial charge in [0.1, 0.15) is 0 Å². The van der Waals surface area contributed by atoms with E-state index in [-0.39, 0.29) is 11.5 Å². The molecule has 1 N–H and O–H groups in total. The SMILES string of the molecule is CCS(=O)(=O)CCn1cnc(CCNC)c1. The van der Waals surface area contributed by atoms with E-state index < -0.39 is 9.84 Å². The van der Waals surface area contributed by atoms with Gasteiger partial charge in [-0.15, -0.1) is 0 Å². The second-order valence-corrected chi connectivity index (χ2v) is 6.17. The fourth-order valence-electron chi connectivity index (χ4n) is 1.30. The van der Waals surface area contributed by atoms with Gasteiger partial charge in [0.2, 0.25) is 0 Å². The summed E-state index contributed by atoms with van der Waals surface area (Å²) in [7, 11) is -0.993. The molecule has 1 aromatic rings. The molecule has 5 nitrogen and oxygen atoms in total. The number of hydrogen-bond donors (Lipinski definition) is 1. The Morgan fingerprint density at radius 2 is 2.25 bits per heavy atom. The molecule has 0 saturated heterocycles. The van der Waals surface area contributed by atoms with Gasteiger partial charge in [-0.2, -0.15) is 0 Å². The normalized spacial score (nSPS) is 11.9. The average Bonchev–Trinajstić information content (AvgIpc) is 2.72. The molecule has 0 saturated carbocycles. The molecule has 6 heteroatoms. The lowest BCUT2D eigenvalue weighted by Gasteiger charge is -2.01. The standard InChI is InChI=1S/C10H19N3O2S/c1-3-16(14,15)7-6-13-8-10(12-9-13)4-5-11-2/h8-9,11H,3-7H2,1-2H3. The van der Waals surface area contributed by atoms with Gasteiger partial charge in [0.15, 0.2) is 9.84 Å². The summed E-state index contributed by atoms with van der Waals surface area (Å²) in [5, 5.41) is 3.05. The van der Waals surface area contributed by atoms with E-state index in [1.807, 2.05) is 17.8 Å². The number of sulfone groups is 1. The molecule has 1 rings (SSSR count). The number of imidazole rings is 1. The van der Waals surface area contributed by atoms with Gasteiger partial charge in [0.25, 0.3) is 0 Å². The van der Waals surface area contributed by atoms with Crippen molar-refractivity contribution in [2.45, 2.75) is 19.9 Å². The zero-order valence-electron chi connectivity index (χ0n) is 9.81. The third kappa shape index (κ3) is 4.32. The minimum atomic E-state index is -2.89. The molecule has 1 heterocycles. The van der Waals surface area contributed by atoms with E-state index in [1.165, 1.54) is 0 Å². The Labute approximate surface area is 96.8 Å². The van der Waals surface area contributed by atoms with Crippen LogP contribution in [0.4, 0.5) is 0 Å². The summed E-state index contributed by atoms with van der Waals surface area (Å²) in [6, 6.07) is 0. The quantitative estimate of drug-likeness (QED) is 0.739. The van der Waals surface area contributed by atoms with Crippen molar-refractivity contribution in [1.29, 1.82) is 0 Å². The number of nitrogens with one attached hydrogen (secondary N) is 1. The average molecular weight is 245 g/mol. The largest absolute Gasteiger partial charge is 0.336 e. The Hall–Kier alpha value is -0.880. The highest BCUT2D eigenvalue weighted by molar-refractivity contribution is 7.91. The van der Waals surface area contributed by atoms with Gasteiger partial charge in [-0.3, -0.25) is 0 Å². The first-order valence-corrected chi connectivity index (χ1v) is 7.25. The van der Waals surface area contributed by atoms with Crippen LogP contribution in [0.5, 0.6) is 0 Å². The van der Waals surface area contributed by atoms with Gasteiger partial charge >= 0.3 is 0 Å². The lowest BCUT2D eigenvalue weighted by atomic mass is 10.3. The van der Waals surface area contributed by atoms with Crippen LogP contribution in [0.25, 0.3) is 0 Å². The fourth-order valence-corrected chi connectivity index (χ4v) is 2.08. The highest BCUT2D eigenvalue weighted by Crippen LogP contribution is 1.99. The van der Waals surface area contributed by atoms with Gasteiger partial charge in [0.05, 0.1) is 17.8 Å². The fraction of sp³-hybridized carbons (Fsp3) is 0.700. The maximum absolute atomic E-state index is 11.3. The van der Waals surface area contributed by atoms with E-state index in [2.05, 4.69) is 10.3 Å². The van der Waals surface area contributed by atoms with E-state index in [1.54, 1.807) is 13.3 Å². The summed E-state index contributed by atoms with van der Waals surface area (Å²) in [5.41, 5.74) is 0.989. The van der Waals surface area contributed by atoms with E-state index in [0.717, 1.165) is 18.7 Å². The van der Waals surface area contributed by atoms with Crippen LogP contribution >= 0.6 is 0 Å². The number of aryl methyl sites for hydroxylation is 1. The maximum atomic E-state index is 11.3. The Morgan fingerprint density at radius 3 is 2.88 bits per heavy atom. The van der Waals surface area contributed by atoms with Gasteiger partial charge < -0.3 is 9.88 Å². The van der Waals surface area contributed by atoms with Crippen molar-refractivity contribution < 1.29 is 8.42 Å². The van der Waals surface area contributed by atoms with Gasteiger partial charge in [-0.05, 0) is 7.05 Å². The van der Waals surface area contributed by atoms with Gasteiger partial charge in [-0.25, -0.2) is 13.4 Å². The zero-order chi connectivity index (χ0) is 12.0. The molecule has 0 aliphatic carbocycles. The lowest BCUT2D eigenvalue weighted by Crippen LogP contribution is -2.13. The third-order valence-corrected chi connectivity index (χ3v) is 4.10. The zero-order valence-corrected chi connectivity index (χ0v) is 10.6. The smallest absolute Gasteiger partial charge is 0.151 e. The van der Waals surface area contributed by atoms with Crippen LogP contribution in [0, 0.1) is 0 Å². The first-order valence-electron chi connectivity index (χ1n) is 5.43. The molecule has 16 heavy (non-hydrogen) atoms. The number of rotatable bonds is 7. The first kappa shape index (κ1) is 13.2. The summed E-state index contributed by atoms with van der Waals surface area (Å²) in [6.45, 7) is 3.04. The van der Waals surface area contributed by atoms with Crippen molar-refractivity contribution in [3.63, 3.8) is 0 Å². The van der Waals surface area contributed by atoms with Crippen LogP contribution in [-0.2, 0) is 22.8 Å². The molecule has 0 radical (unpaired) electrons. The van der Waals surface area contributed by atoms with Crippen LogP contribution in [0.1, 0.15) is 12.6 Å². The van der Waals surface area contributed by atoms with Crippen LogP contribution in [0.2, 0.25) is 0 Å². The second kappa shape index (κ2) is 6.00.